The molecule has 4 heteroatoms. The maximum atomic E-state index is 5.11. The van der Waals surface area contributed by atoms with Crippen molar-refractivity contribution >= 4 is 59.4 Å². The van der Waals surface area contributed by atoms with Crippen LogP contribution in [-0.4, -0.2) is 0 Å². The highest BCUT2D eigenvalue weighted by Crippen LogP contribution is 2.52. The molecule has 0 spiro atoms. The lowest BCUT2D eigenvalue weighted by Crippen LogP contribution is -2.36. The van der Waals surface area contributed by atoms with Gasteiger partial charge in [0.05, 0.1) is 5.41 Å². The highest BCUT2D eigenvalue weighted by atomic mass is 79.9. The molecule has 0 heterocycles. The van der Waals surface area contributed by atoms with Crippen molar-refractivity contribution in [2.45, 2.75) is 20.1 Å². The van der Waals surface area contributed by atoms with Gasteiger partial charge in [0.15, 0.2) is 0 Å². The number of allylic oxidation sites excluding steroid dienone is 4. The normalized spacial score (nSPS) is 16.0. The Morgan fingerprint density at radius 2 is 1.20 bits per heavy atom. The zero-order valence-electron chi connectivity index (χ0n) is 21.6. The SMILES string of the molecule is Sc1ccc(C2=CC(C(c3ccccc3)(c3cccc(Br)c3)c3cc(-c4ccc(S)cc4)ccc3S)C=C2)cc1. The summed E-state index contributed by atoms with van der Waals surface area (Å²) in [6, 6.07) is 42.8. The van der Waals surface area contributed by atoms with Crippen molar-refractivity contribution in [1.29, 1.82) is 0 Å². The van der Waals surface area contributed by atoms with Crippen molar-refractivity contribution in [2.24, 2.45) is 5.92 Å². The van der Waals surface area contributed by atoms with Crippen LogP contribution in [0, 0.1) is 5.92 Å². The molecule has 0 amide bonds. The standard InChI is InChI=1S/C36H27BrS3/c37-31-8-4-7-29(23-31)36(28-5-2-1-3-6-28,30-15-9-26(21-30)24-10-16-32(38)17-11-24)34-22-27(14-20-35(34)40)25-12-18-33(39)19-13-25/h1-23,30,38-40H. The summed E-state index contributed by atoms with van der Waals surface area (Å²) in [4.78, 5) is 2.86. The molecule has 0 saturated heterocycles. The van der Waals surface area contributed by atoms with Gasteiger partial charge in [-0.05, 0) is 87.5 Å². The summed E-state index contributed by atoms with van der Waals surface area (Å²) in [5.74, 6) is 0.0378. The number of hydrogen-bond donors (Lipinski definition) is 3. The van der Waals surface area contributed by atoms with E-state index in [1.165, 1.54) is 22.3 Å². The van der Waals surface area contributed by atoms with Crippen molar-refractivity contribution in [1.82, 2.24) is 0 Å². The molecule has 0 nitrogen and oxygen atoms in total. The Labute approximate surface area is 261 Å². The molecule has 0 aliphatic heterocycles. The fourth-order valence-electron chi connectivity index (χ4n) is 5.79. The molecule has 2 atom stereocenters. The molecular weight excluding hydrogens is 609 g/mol. The van der Waals surface area contributed by atoms with Crippen molar-refractivity contribution in [3.8, 4) is 11.1 Å². The van der Waals surface area contributed by atoms with E-state index in [9.17, 15) is 0 Å². The van der Waals surface area contributed by atoms with E-state index in [2.05, 4.69) is 156 Å². The fourth-order valence-corrected chi connectivity index (χ4v) is 6.80. The van der Waals surface area contributed by atoms with Gasteiger partial charge >= 0.3 is 0 Å². The van der Waals surface area contributed by atoms with E-state index in [0.29, 0.717) is 0 Å². The van der Waals surface area contributed by atoms with Crippen LogP contribution in [0.2, 0.25) is 0 Å². The molecule has 6 rings (SSSR count). The maximum Gasteiger partial charge on any atom is 0.0560 e. The van der Waals surface area contributed by atoms with Gasteiger partial charge in [0, 0.05) is 25.1 Å². The van der Waals surface area contributed by atoms with E-state index < -0.39 is 5.41 Å². The van der Waals surface area contributed by atoms with Crippen LogP contribution in [0.5, 0.6) is 0 Å². The number of hydrogen-bond acceptors (Lipinski definition) is 3. The van der Waals surface area contributed by atoms with E-state index in [1.807, 2.05) is 24.3 Å². The lowest BCUT2D eigenvalue weighted by molar-refractivity contribution is 0.520. The predicted octanol–water partition coefficient (Wildman–Crippen LogP) is 10.6. The number of rotatable bonds is 6. The Hall–Kier alpha value is -2.89. The molecular formula is C36H27BrS3. The average molecular weight is 636 g/mol. The first kappa shape index (κ1) is 27.3. The molecule has 40 heavy (non-hydrogen) atoms. The van der Waals surface area contributed by atoms with E-state index in [0.717, 1.165) is 35.8 Å². The smallest absolute Gasteiger partial charge is 0.0560 e. The minimum Gasteiger partial charge on any atom is -0.143 e. The van der Waals surface area contributed by atoms with Crippen LogP contribution in [0.25, 0.3) is 16.7 Å². The summed E-state index contributed by atoms with van der Waals surface area (Å²) in [6.45, 7) is 0. The van der Waals surface area contributed by atoms with Crippen LogP contribution in [0.4, 0.5) is 0 Å². The summed E-state index contributed by atoms with van der Waals surface area (Å²) in [7, 11) is 0. The third kappa shape index (κ3) is 5.14. The second-order valence-corrected chi connectivity index (χ2v) is 12.4. The highest BCUT2D eigenvalue weighted by Gasteiger charge is 2.44. The quantitative estimate of drug-likeness (QED) is 0.120. The monoisotopic (exact) mass is 634 g/mol. The predicted molar refractivity (Wildman–Crippen MR) is 181 cm³/mol. The van der Waals surface area contributed by atoms with Gasteiger partial charge in [-0.15, -0.1) is 37.9 Å². The summed E-state index contributed by atoms with van der Waals surface area (Å²) >= 11 is 17.9. The fraction of sp³-hybridized carbons (Fsp3) is 0.0556. The van der Waals surface area contributed by atoms with E-state index in [1.54, 1.807) is 0 Å². The molecule has 0 N–H and O–H groups in total. The minimum absolute atomic E-state index is 0.0378. The minimum atomic E-state index is -0.538. The maximum absolute atomic E-state index is 5.11. The number of thiol groups is 3. The molecule has 1 aliphatic carbocycles. The largest absolute Gasteiger partial charge is 0.143 e. The van der Waals surface area contributed by atoms with Gasteiger partial charge in [0.2, 0.25) is 0 Å². The zero-order valence-corrected chi connectivity index (χ0v) is 25.8. The Morgan fingerprint density at radius 3 is 1.88 bits per heavy atom. The molecule has 0 fully saturated rings. The Balaban J connectivity index is 1.65. The van der Waals surface area contributed by atoms with Gasteiger partial charge in [-0.25, -0.2) is 0 Å². The molecule has 0 radical (unpaired) electrons. The Bertz CT molecular complexity index is 1720. The van der Waals surface area contributed by atoms with Crippen molar-refractivity contribution < 1.29 is 0 Å². The van der Waals surface area contributed by atoms with Gasteiger partial charge in [0.25, 0.3) is 0 Å². The first-order valence-corrected chi connectivity index (χ1v) is 15.2. The van der Waals surface area contributed by atoms with E-state index in [-0.39, 0.29) is 5.92 Å². The van der Waals surface area contributed by atoms with Gasteiger partial charge in [-0.2, -0.15) is 0 Å². The van der Waals surface area contributed by atoms with E-state index in [4.69, 9.17) is 12.6 Å². The summed E-state index contributed by atoms with van der Waals surface area (Å²) in [6.07, 6.45) is 6.99. The Kier molecular flexibility index (Phi) is 7.87. The molecule has 1 aliphatic rings. The number of benzene rings is 5. The molecule has 2 unspecified atom stereocenters. The van der Waals surface area contributed by atoms with Crippen LogP contribution in [-0.2, 0) is 5.41 Å². The lowest BCUT2D eigenvalue weighted by Gasteiger charge is -2.41. The molecule has 0 aromatic heterocycles. The summed E-state index contributed by atoms with van der Waals surface area (Å²) < 4.78 is 1.04. The van der Waals surface area contributed by atoms with Gasteiger partial charge < -0.3 is 0 Å². The third-order valence-electron chi connectivity index (χ3n) is 7.67. The molecule has 0 bridgehead atoms. The first-order chi connectivity index (χ1) is 19.4. The molecule has 196 valence electrons. The molecule has 0 saturated carbocycles. The van der Waals surface area contributed by atoms with Gasteiger partial charge in [-0.3, -0.25) is 0 Å². The highest BCUT2D eigenvalue weighted by molar-refractivity contribution is 9.10. The topological polar surface area (TPSA) is 0 Å². The van der Waals surface area contributed by atoms with Crippen LogP contribution in [0.15, 0.2) is 159 Å². The van der Waals surface area contributed by atoms with Crippen molar-refractivity contribution in [3.63, 3.8) is 0 Å². The summed E-state index contributed by atoms with van der Waals surface area (Å²) in [5.41, 5.74) is 7.71. The van der Waals surface area contributed by atoms with Gasteiger partial charge in [0.1, 0.15) is 0 Å². The zero-order chi connectivity index (χ0) is 27.7. The van der Waals surface area contributed by atoms with Gasteiger partial charge in [-0.1, -0.05) is 107 Å². The van der Waals surface area contributed by atoms with Crippen LogP contribution >= 0.6 is 53.8 Å². The van der Waals surface area contributed by atoms with Crippen molar-refractivity contribution in [2.75, 3.05) is 0 Å². The third-order valence-corrected chi connectivity index (χ3v) is 9.15. The van der Waals surface area contributed by atoms with Crippen LogP contribution in [0.1, 0.15) is 22.3 Å². The second-order valence-electron chi connectivity index (χ2n) is 10.0. The van der Waals surface area contributed by atoms with Crippen LogP contribution in [0.3, 0.4) is 0 Å². The number of halogens is 1. The first-order valence-electron chi connectivity index (χ1n) is 13.1. The lowest BCUT2D eigenvalue weighted by atomic mass is 9.61. The van der Waals surface area contributed by atoms with E-state index >= 15 is 0 Å². The van der Waals surface area contributed by atoms with Crippen molar-refractivity contribution in [3.05, 3.63) is 166 Å². The second kappa shape index (κ2) is 11.5. The molecule has 5 aromatic rings. The average Bonchev–Trinajstić information content (AvgIpc) is 3.46. The Morgan fingerprint density at radius 1 is 0.575 bits per heavy atom. The molecule has 5 aromatic carbocycles. The van der Waals surface area contributed by atoms with Crippen LogP contribution < -0.4 is 0 Å². The summed E-state index contributed by atoms with van der Waals surface area (Å²) in [5, 5.41) is 0.